The first-order valence-corrected chi connectivity index (χ1v) is 2.28. The van der Waals surface area contributed by atoms with Crippen LogP contribution in [0.3, 0.4) is 0 Å². The molecule has 0 radical (unpaired) electrons. The van der Waals surface area contributed by atoms with Gasteiger partial charge >= 0.3 is 18.9 Å². The molecule has 0 fully saturated rings. The van der Waals surface area contributed by atoms with Crippen LogP contribution in [0.5, 0.6) is 0 Å². The van der Waals surface area contributed by atoms with Crippen molar-refractivity contribution in [3.8, 4) is 0 Å². The number of furan rings is 1. The number of halogens is 1. The van der Waals surface area contributed by atoms with Gasteiger partial charge in [-0.1, -0.05) is 22.2 Å². The van der Waals surface area contributed by atoms with Crippen LogP contribution in [0.25, 0.3) is 0 Å². The summed E-state index contributed by atoms with van der Waals surface area (Å²) in [5, 5.41) is 0. The summed E-state index contributed by atoms with van der Waals surface area (Å²) in [5.74, 6) is 0. The van der Waals surface area contributed by atoms with Crippen molar-refractivity contribution in [1.82, 2.24) is 0 Å². The molecule has 0 N–H and O–H groups in total. The summed E-state index contributed by atoms with van der Waals surface area (Å²) in [6.45, 7) is 0. The normalized spacial score (nSPS) is 7.57. The average molecular weight is 153 g/mol. The van der Waals surface area contributed by atoms with Gasteiger partial charge in [0.1, 0.15) is 0 Å². The van der Waals surface area contributed by atoms with E-state index in [1.54, 1.807) is 6.26 Å². The van der Waals surface area contributed by atoms with Crippen molar-refractivity contribution < 1.29 is 23.3 Å². The van der Waals surface area contributed by atoms with Gasteiger partial charge in [-0.05, 0) is 6.26 Å². The van der Waals surface area contributed by atoms with E-state index in [2.05, 4.69) is 26.4 Å². The number of rotatable bonds is 0. The Balaban J connectivity index is 0.000000360. The maximum Gasteiger partial charge on any atom is 1.00 e. The fraction of sp³-hybridized carbons (Fsp3) is 0. The second-order valence-electron chi connectivity index (χ2n) is 0.864. The molecule has 3 heteroatoms. The van der Waals surface area contributed by atoms with E-state index in [1.165, 1.54) is 6.26 Å². The van der Waals surface area contributed by atoms with E-state index in [0.29, 0.717) is 0 Å². The van der Waals surface area contributed by atoms with Crippen LogP contribution >= 0.6 is 15.9 Å². The number of hydrogen-bond donors (Lipinski definition) is 0. The van der Waals surface area contributed by atoms with Gasteiger partial charge in [-0.15, -0.1) is 4.47 Å². The van der Waals surface area contributed by atoms with Gasteiger partial charge in [0, 0.05) is 0 Å². The van der Waals surface area contributed by atoms with Crippen molar-refractivity contribution in [2.45, 2.75) is 0 Å². The molecule has 0 saturated carbocycles. The van der Waals surface area contributed by atoms with Crippen LogP contribution in [0, 0.1) is 6.07 Å². The van der Waals surface area contributed by atoms with Crippen molar-refractivity contribution >= 4 is 15.9 Å². The summed E-state index contributed by atoms with van der Waals surface area (Å²) in [7, 11) is 0. The predicted octanol–water partition coefficient (Wildman–Crippen LogP) is -1.15. The minimum absolute atomic E-state index is 0. The van der Waals surface area contributed by atoms with Gasteiger partial charge in [0.05, 0.1) is 0 Å². The van der Waals surface area contributed by atoms with Crippen molar-refractivity contribution in [2.24, 2.45) is 0 Å². The molecule has 0 aliphatic rings. The standard InChI is InChI=1S/C4H2BrO.Li/c5-4-1-2-6-3-4;/h2-3H;/q-1;+1. The van der Waals surface area contributed by atoms with Gasteiger partial charge in [-0.2, -0.15) is 6.07 Å². The van der Waals surface area contributed by atoms with Gasteiger partial charge in [0.25, 0.3) is 0 Å². The Morgan fingerprint density at radius 3 is 2.57 bits per heavy atom. The summed E-state index contributed by atoms with van der Waals surface area (Å²) in [5.41, 5.74) is 0. The zero-order valence-electron chi connectivity index (χ0n) is 3.94. The molecule has 0 spiro atoms. The van der Waals surface area contributed by atoms with Crippen LogP contribution < -0.4 is 18.9 Å². The minimum Gasteiger partial charge on any atom is -0.575 e. The average Bonchev–Trinajstić information content (AvgIpc) is 1.86. The number of hydrogen-bond acceptors (Lipinski definition) is 1. The van der Waals surface area contributed by atoms with Gasteiger partial charge in [-0.25, -0.2) is 0 Å². The fourth-order valence-corrected chi connectivity index (χ4v) is 0.419. The minimum atomic E-state index is 0. The van der Waals surface area contributed by atoms with Crippen molar-refractivity contribution in [1.29, 1.82) is 0 Å². The van der Waals surface area contributed by atoms with Crippen molar-refractivity contribution in [3.05, 3.63) is 23.1 Å². The van der Waals surface area contributed by atoms with Gasteiger partial charge in [-0.3, -0.25) is 0 Å². The Morgan fingerprint density at radius 2 is 2.43 bits per heavy atom. The maximum absolute atomic E-state index is 4.61. The summed E-state index contributed by atoms with van der Waals surface area (Å²) in [6, 6.07) is 2.75. The molecular weight excluding hydrogens is 151 g/mol. The molecule has 7 heavy (non-hydrogen) atoms. The molecule has 0 unspecified atom stereocenters. The van der Waals surface area contributed by atoms with E-state index < -0.39 is 0 Å². The molecule has 0 bridgehead atoms. The molecule has 0 amide bonds. The van der Waals surface area contributed by atoms with Crippen LogP contribution in [0.15, 0.2) is 21.4 Å². The van der Waals surface area contributed by atoms with E-state index in [0.717, 1.165) is 4.47 Å². The third-order valence-electron chi connectivity index (χ3n) is 0.436. The Hall–Kier alpha value is 0.357. The summed E-state index contributed by atoms with van der Waals surface area (Å²) in [6.07, 6.45) is 3.06. The fourth-order valence-electron chi connectivity index (χ4n) is 0.218. The molecule has 1 nitrogen and oxygen atoms in total. The first-order chi connectivity index (χ1) is 2.89. The molecule has 0 atom stereocenters. The predicted molar refractivity (Wildman–Crippen MR) is 25.2 cm³/mol. The van der Waals surface area contributed by atoms with Crippen LogP contribution in [0.4, 0.5) is 0 Å². The maximum atomic E-state index is 4.61. The Kier molecular flexibility index (Phi) is 3.54. The quantitative estimate of drug-likeness (QED) is 0.338. The summed E-state index contributed by atoms with van der Waals surface area (Å²) >= 11 is 3.13. The first-order valence-electron chi connectivity index (χ1n) is 1.49. The van der Waals surface area contributed by atoms with Crippen LogP contribution in [0.1, 0.15) is 0 Å². The molecule has 32 valence electrons. The molecule has 1 aromatic rings. The third-order valence-corrected chi connectivity index (χ3v) is 0.852. The van der Waals surface area contributed by atoms with E-state index in [-0.39, 0.29) is 18.9 Å². The molecule has 0 aliphatic heterocycles. The Labute approximate surface area is 62.4 Å². The second-order valence-corrected chi connectivity index (χ2v) is 1.72. The molecule has 0 aromatic carbocycles. The van der Waals surface area contributed by atoms with E-state index >= 15 is 0 Å². The largest absolute Gasteiger partial charge is 1.00 e. The second kappa shape index (κ2) is 3.37. The van der Waals surface area contributed by atoms with E-state index in [4.69, 9.17) is 0 Å². The molecule has 0 aliphatic carbocycles. The Morgan fingerprint density at radius 1 is 1.71 bits per heavy atom. The summed E-state index contributed by atoms with van der Waals surface area (Å²) in [4.78, 5) is 0. The van der Waals surface area contributed by atoms with E-state index in [9.17, 15) is 0 Å². The zero-order chi connectivity index (χ0) is 4.41. The van der Waals surface area contributed by atoms with Crippen LogP contribution in [-0.4, -0.2) is 0 Å². The van der Waals surface area contributed by atoms with E-state index in [1.807, 2.05) is 0 Å². The molecule has 1 rings (SSSR count). The molecule has 1 heterocycles. The van der Waals surface area contributed by atoms with Crippen molar-refractivity contribution in [3.63, 3.8) is 0 Å². The topological polar surface area (TPSA) is 13.1 Å². The first kappa shape index (κ1) is 7.36. The van der Waals surface area contributed by atoms with Crippen molar-refractivity contribution in [2.75, 3.05) is 0 Å². The monoisotopic (exact) mass is 152 g/mol. The smallest absolute Gasteiger partial charge is 0.575 e. The van der Waals surface area contributed by atoms with Crippen LogP contribution in [0.2, 0.25) is 0 Å². The molecular formula is C4H2BrLiO. The van der Waals surface area contributed by atoms with Gasteiger partial charge in [0.2, 0.25) is 0 Å². The van der Waals surface area contributed by atoms with Gasteiger partial charge in [0.15, 0.2) is 0 Å². The summed E-state index contributed by atoms with van der Waals surface area (Å²) < 4.78 is 5.48. The SMILES string of the molecule is Brc1[c-]coc1.[Li+]. The van der Waals surface area contributed by atoms with Gasteiger partial charge < -0.3 is 4.42 Å². The molecule has 1 aromatic heterocycles. The third kappa shape index (κ3) is 2.23. The van der Waals surface area contributed by atoms with Crippen LogP contribution in [-0.2, 0) is 0 Å². The zero-order valence-corrected chi connectivity index (χ0v) is 5.53. The Bertz CT molecular complexity index is 115. The molecule has 0 saturated heterocycles.